The Morgan fingerprint density at radius 1 is 1.19 bits per heavy atom. The number of hydrogen-bond donors (Lipinski definition) is 2. The van der Waals surface area contributed by atoms with Gasteiger partial charge in [-0.25, -0.2) is 8.78 Å². The van der Waals surface area contributed by atoms with Gasteiger partial charge in [-0.05, 0) is 36.6 Å². The standard InChI is InChI=1S/C16H18F2N2O/c1-10-7-12(17)4-3-11(10)5-6-20-15-9-16(21-2)14(19)8-13(15)18/h3-4,7-9,20H,5-6,19H2,1-2H3. The summed E-state index contributed by atoms with van der Waals surface area (Å²) in [4.78, 5) is 0. The zero-order valence-electron chi connectivity index (χ0n) is 12.0. The maximum Gasteiger partial charge on any atom is 0.148 e. The van der Waals surface area contributed by atoms with Crippen LogP contribution in [0.2, 0.25) is 0 Å². The van der Waals surface area contributed by atoms with E-state index in [4.69, 9.17) is 10.5 Å². The normalized spacial score (nSPS) is 10.5. The highest BCUT2D eigenvalue weighted by Gasteiger charge is 2.08. The van der Waals surface area contributed by atoms with Gasteiger partial charge in [-0.2, -0.15) is 0 Å². The Hall–Kier alpha value is -2.30. The van der Waals surface area contributed by atoms with Crippen LogP contribution in [-0.2, 0) is 6.42 Å². The molecule has 2 aromatic rings. The topological polar surface area (TPSA) is 47.3 Å². The first-order valence-corrected chi connectivity index (χ1v) is 6.63. The van der Waals surface area contributed by atoms with Crippen molar-refractivity contribution in [2.75, 3.05) is 24.7 Å². The van der Waals surface area contributed by atoms with Crippen LogP contribution in [0.4, 0.5) is 20.2 Å². The van der Waals surface area contributed by atoms with E-state index in [1.54, 1.807) is 6.07 Å². The lowest BCUT2D eigenvalue weighted by molar-refractivity contribution is 0.416. The molecular formula is C16H18F2N2O. The summed E-state index contributed by atoms with van der Waals surface area (Å²) < 4.78 is 31.9. The average molecular weight is 292 g/mol. The molecule has 0 aliphatic heterocycles. The molecule has 0 aliphatic rings. The fourth-order valence-corrected chi connectivity index (χ4v) is 2.15. The van der Waals surface area contributed by atoms with Crippen LogP contribution in [0.25, 0.3) is 0 Å². The number of nitrogens with one attached hydrogen (secondary N) is 1. The van der Waals surface area contributed by atoms with E-state index in [2.05, 4.69) is 5.32 Å². The van der Waals surface area contributed by atoms with E-state index >= 15 is 0 Å². The van der Waals surface area contributed by atoms with E-state index in [-0.39, 0.29) is 11.5 Å². The van der Waals surface area contributed by atoms with Gasteiger partial charge in [-0.1, -0.05) is 6.07 Å². The van der Waals surface area contributed by atoms with Crippen molar-refractivity contribution >= 4 is 11.4 Å². The number of benzene rings is 2. The SMILES string of the molecule is COc1cc(NCCc2ccc(F)cc2C)c(F)cc1N. The second-order valence-electron chi connectivity index (χ2n) is 4.82. The third kappa shape index (κ3) is 3.62. The predicted molar refractivity (Wildman–Crippen MR) is 80.7 cm³/mol. The molecular weight excluding hydrogens is 274 g/mol. The third-order valence-electron chi connectivity index (χ3n) is 3.33. The predicted octanol–water partition coefficient (Wildman–Crippen LogP) is 3.52. The van der Waals surface area contributed by atoms with Crippen LogP contribution in [-0.4, -0.2) is 13.7 Å². The van der Waals surface area contributed by atoms with E-state index in [0.29, 0.717) is 24.4 Å². The second kappa shape index (κ2) is 6.43. The number of anilines is 2. The van der Waals surface area contributed by atoms with E-state index in [1.165, 1.54) is 31.4 Å². The molecule has 0 amide bonds. The van der Waals surface area contributed by atoms with Crippen LogP contribution in [0.1, 0.15) is 11.1 Å². The Morgan fingerprint density at radius 3 is 2.62 bits per heavy atom. The molecule has 2 aromatic carbocycles. The van der Waals surface area contributed by atoms with E-state index in [1.807, 2.05) is 6.92 Å². The molecule has 0 spiro atoms. The Labute approximate surface area is 122 Å². The van der Waals surface area contributed by atoms with Crippen molar-refractivity contribution in [2.24, 2.45) is 0 Å². The number of nitrogen functional groups attached to an aromatic ring is 1. The van der Waals surface area contributed by atoms with Gasteiger partial charge in [0.1, 0.15) is 17.4 Å². The van der Waals surface area contributed by atoms with Gasteiger partial charge < -0.3 is 15.8 Å². The second-order valence-corrected chi connectivity index (χ2v) is 4.82. The Balaban J connectivity index is 2.03. The Morgan fingerprint density at radius 2 is 1.95 bits per heavy atom. The minimum Gasteiger partial charge on any atom is -0.495 e. The van der Waals surface area contributed by atoms with Crippen LogP contribution >= 0.6 is 0 Å². The van der Waals surface area contributed by atoms with Gasteiger partial charge in [0.05, 0.1) is 18.5 Å². The number of nitrogens with two attached hydrogens (primary N) is 1. The summed E-state index contributed by atoms with van der Waals surface area (Å²) in [6.07, 6.45) is 0.665. The summed E-state index contributed by atoms with van der Waals surface area (Å²) in [6, 6.07) is 7.41. The summed E-state index contributed by atoms with van der Waals surface area (Å²) in [5, 5.41) is 3.00. The highest BCUT2D eigenvalue weighted by Crippen LogP contribution is 2.28. The fourth-order valence-electron chi connectivity index (χ4n) is 2.15. The van der Waals surface area contributed by atoms with Gasteiger partial charge in [-0.3, -0.25) is 0 Å². The number of methoxy groups -OCH3 is 1. The summed E-state index contributed by atoms with van der Waals surface area (Å²) in [5.41, 5.74) is 8.12. The Bertz CT molecular complexity index is 644. The van der Waals surface area contributed by atoms with Crippen molar-refractivity contribution in [2.45, 2.75) is 13.3 Å². The number of aryl methyl sites for hydroxylation is 1. The molecule has 0 saturated carbocycles. The quantitative estimate of drug-likeness (QED) is 0.829. The van der Waals surface area contributed by atoms with E-state index < -0.39 is 5.82 Å². The van der Waals surface area contributed by atoms with Gasteiger partial charge in [0, 0.05) is 18.7 Å². The zero-order valence-corrected chi connectivity index (χ0v) is 12.0. The van der Waals surface area contributed by atoms with E-state index in [0.717, 1.165) is 11.1 Å². The van der Waals surface area contributed by atoms with E-state index in [9.17, 15) is 8.78 Å². The number of halogens is 2. The third-order valence-corrected chi connectivity index (χ3v) is 3.33. The van der Waals surface area contributed by atoms with Gasteiger partial charge in [0.15, 0.2) is 0 Å². The lowest BCUT2D eigenvalue weighted by Crippen LogP contribution is -2.08. The molecule has 0 radical (unpaired) electrons. The van der Waals surface area contributed by atoms with Crippen molar-refractivity contribution in [3.63, 3.8) is 0 Å². The molecule has 3 N–H and O–H groups in total. The van der Waals surface area contributed by atoms with Gasteiger partial charge in [-0.15, -0.1) is 0 Å². The zero-order chi connectivity index (χ0) is 15.4. The van der Waals surface area contributed by atoms with Gasteiger partial charge in [0.2, 0.25) is 0 Å². The molecule has 3 nitrogen and oxygen atoms in total. The molecule has 0 aliphatic carbocycles. The van der Waals surface area contributed by atoms with Crippen molar-refractivity contribution in [3.8, 4) is 5.75 Å². The molecule has 0 bridgehead atoms. The van der Waals surface area contributed by atoms with Crippen LogP contribution in [0.15, 0.2) is 30.3 Å². The smallest absolute Gasteiger partial charge is 0.148 e. The lowest BCUT2D eigenvalue weighted by Gasteiger charge is -2.12. The molecule has 21 heavy (non-hydrogen) atoms. The van der Waals surface area contributed by atoms with Crippen molar-refractivity contribution in [1.82, 2.24) is 0 Å². The molecule has 0 saturated heterocycles. The first kappa shape index (κ1) is 15.1. The minimum atomic E-state index is -0.427. The van der Waals surface area contributed by atoms with Crippen molar-refractivity contribution in [3.05, 3.63) is 53.1 Å². The molecule has 112 valence electrons. The lowest BCUT2D eigenvalue weighted by atomic mass is 10.1. The monoisotopic (exact) mass is 292 g/mol. The highest BCUT2D eigenvalue weighted by atomic mass is 19.1. The summed E-state index contributed by atoms with van der Waals surface area (Å²) >= 11 is 0. The van der Waals surface area contributed by atoms with Gasteiger partial charge >= 0.3 is 0 Å². The molecule has 5 heteroatoms. The minimum absolute atomic E-state index is 0.251. The maximum absolute atomic E-state index is 13.8. The summed E-state index contributed by atoms with van der Waals surface area (Å²) in [7, 11) is 1.48. The molecule has 0 aromatic heterocycles. The summed E-state index contributed by atoms with van der Waals surface area (Å²) in [5.74, 6) is -0.250. The number of hydrogen-bond acceptors (Lipinski definition) is 3. The van der Waals surface area contributed by atoms with Crippen molar-refractivity contribution in [1.29, 1.82) is 0 Å². The molecule has 0 unspecified atom stereocenters. The van der Waals surface area contributed by atoms with Crippen LogP contribution in [0.5, 0.6) is 5.75 Å². The first-order valence-electron chi connectivity index (χ1n) is 6.63. The largest absolute Gasteiger partial charge is 0.495 e. The number of ether oxygens (including phenoxy) is 1. The summed E-state index contributed by atoms with van der Waals surface area (Å²) in [6.45, 7) is 2.38. The van der Waals surface area contributed by atoms with Crippen LogP contribution in [0.3, 0.4) is 0 Å². The van der Waals surface area contributed by atoms with Gasteiger partial charge in [0.25, 0.3) is 0 Å². The molecule has 2 rings (SSSR count). The van der Waals surface area contributed by atoms with Crippen LogP contribution in [0, 0.1) is 18.6 Å². The number of rotatable bonds is 5. The van der Waals surface area contributed by atoms with Crippen molar-refractivity contribution < 1.29 is 13.5 Å². The molecule has 0 heterocycles. The first-order chi connectivity index (χ1) is 10.0. The Kier molecular flexibility index (Phi) is 4.62. The average Bonchev–Trinajstić information content (AvgIpc) is 2.43. The maximum atomic E-state index is 13.8. The molecule has 0 atom stereocenters. The molecule has 0 fully saturated rings. The highest BCUT2D eigenvalue weighted by molar-refractivity contribution is 5.62. The van der Waals surface area contributed by atoms with Crippen LogP contribution < -0.4 is 15.8 Å². The fraction of sp³-hybridized carbons (Fsp3) is 0.250.